The van der Waals surface area contributed by atoms with Crippen molar-refractivity contribution in [2.75, 3.05) is 36.2 Å². The van der Waals surface area contributed by atoms with Crippen molar-refractivity contribution in [2.45, 2.75) is 39.5 Å². The summed E-state index contributed by atoms with van der Waals surface area (Å²) in [5.41, 5.74) is 1.92. The van der Waals surface area contributed by atoms with Crippen LogP contribution in [0.15, 0.2) is 29.3 Å². The molecule has 1 aliphatic rings. The van der Waals surface area contributed by atoms with E-state index in [2.05, 4.69) is 22.5 Å². The van der Waals surface area contributed by atoms with Gasteiger partial charge in [0.15, 0.2) is 5.96 Å². The summed E-state index contributed by atoms with van der Waals surface area (Å²) in [6.45, 7) is 6.56. The lowest BCUT2D eigenvalue weighted by Gasteiger charge is -2.20. The number of anilines is 1. The van der Waals surface area contributed by atoms with Crippen molar-refractivity contribution in [2.24, 2.45) is 4.99 Å². The quantitative estimate of drug-likeness (QED) is 0.399. The van der Waals surface area contributed by atoms with Gasteiger partial charge in [-0.1, -0.05) is 38.0 Å². The largest absolute Gasteiger partial charge is 0.357 e. The van der Waals surface area contributed by atoms with E-state index in [1.807, 2.05) is 31.2 Å². The Labute approximate surface area is 151 Å². The van der Waals surface area contributed by atoms with Crippen molar-refractivity contribution >= 4 is 21.7 Å². The molecule has 0 saturated heterocycles. The predicted molar refractivity (Wildman–Crippen MR) is 105 cm³/mol. The van der Waals surface area contributed by atoms with Gasteiger partial charge in [0.05, 0.1) is 11.4 Å². The first kappa shape index (κ1) is 19.6. The monoisotopic (exact) mass is 366 g/mol. The van der Waals surface area contributed by atoms with E-state index in [0.717, 1.165) is 50.0 Å². The highest BCUT2D eigenvalue weighted by atomic mass is 32.2. The third kappa shape index (κ3) is 5.63. The van der Waals surface area contributed by atoms with Crippen LogP contribution in [0.2, 0.25) is 0 Å². The van der Waals surface area contributed by atoms with Gasteiger partial charge >= 0.3 is 0 Å². The zero-order valence-corrected chi connectivity index (χ0v) is 16.1. The van der Waals surface area contributed by atoms with Gasteiger partial charge in [-0.15, -0.1) is 0 Å². The number of unbranched alkanes of at least 4 members (excludes halogenated alkanes) is 2. The van der Waals surface area contributed by atoms with Crippen LogP contribution in [0.3, 0.4) is 0 Å². The summed E-state index contributed by atoms with van der Waals surface area (Å²) in [7, 11) is -3.33. The standard InChI is InChI=1S/C18H30N4O2S/c1-3-5-8-12-20-18(19-4-2)21-13-15-25(23,24)22-14-11-16-9-6-7-10-17(16)22/h6-7,9-10H,3-5,8,11-15H2,1-2H3,(H2,19,20,21). The minimum absolute atomic E-state index is 0.0563. The van der Waals surface area contributed by atoms with E-state index in [0.29, 0.717) is 19.0 Å². The Hall–Kier alpha value is -1.76. The molecular weight excluding hydrogens is 336 g/mol. The molecule has 0 aliphatic carbocycles. The first-order valence-electron chi connectivity index (χ1n) is 9.19. The normalized spacial score (nSPS) is 14.5. The van der Waals surface area contributed by atoms with E-state index in [1.54, 1.807) is 0 Å². The fourth-order valence-corrected chi connectivity index (χ4v) is 4.33. The SMILES string of the molecule is CCCCCN=C(NCC)NCCS(=O)(=O)N1CCc2ccccc21. The lowest BCUT2D eigenvalue weighted by molar-refractivity contribution is 0.591. The van der Waals surface area contributed by atoms with Crippen LogP contribution < -0.4 is 14.9 Å². The van der Waals surface area contributed by atoms with Crippen LogP contribution in [0.25, 0.3) is 0 Å². The van der Waals surface area contributed by atoms with Gasteiger partial charge in [0.2, 0.25) is 10.0 Å². The van der Waals surface area contributed by atoms with Gasteiger partial charge in [-0.2, -0.15) is 0 Å². The van der Waals surface area contributed by atoms with Crippen LogP contribution in [0, 0.1) is 0 Å². The van der Waals surface area contributed by atoms with Gasteiger partial charge in [-0.05, 0) is 31.4 Å². The van der Waals surface area contributed by atoms with Crippen LogP contribution in [0.4, 0.5) is 5.69 Å². The summed E-state index contributed by atoms with van der Waals surface area (Å²) in [5, 5.41) is 6.30. The van der Waals surface area contributed by atoms with Gasteiger partial charge in [-0.3, -0.25) is 9.30 Å². The molecule has 1 heterocycles. The van der Waals surface area contributed by atoms with Gasteiger partial charge in [0.1, 0.15) is 0 Å². The van der Waals surface area contributed by atoms with Crippen LogP contribution in [-0.4, -0.2) is 46.3 Å². The highest BCUT2D eigenvalue weighted by molar-refractivity contribution is 7.92. The Morgan fingerprint density at radius 1 is 1.20 bits per heavy atom. The van der Waals surface area contributed by atoms with E-state index < -0.39 is 10.0 Å². The van der Waals surface area contributed by atoms with E-state index in [1.165, 1.54) is 4.31 Å². The van der Waals surface area contributed by atoms with E-state index >= 15 is 0 Å². The average Bonchev–Trinajstić information content (AvgIpc) is 3.03. The number of fused-ring (bicyclic) bond motifs is 1. The molecule has 1 aromatic carbocycles. The van der Waals surface area contributed by atoms with E-state index in [-0.39, 0.29) is 5.75 Å². The summed E-state index contributed by atoms with van der Waals surface area (Å²) in [4.78, 5) is 4.49. The van der Waals surface area contributed by atoms with Gasteiger partial charge in [0, 0.05) is 26.2 Å². The molecule has 7 heteroatoms. The van der Waals surface area contributed by atoms with Crippen molar-refractivity contribution < 1.29 is 8.42 Å². The Balaban J connectivity index is 1.88. The Kier molecular flexibility index (Phi) is 7.55. The zero-order valence-electron chi connectivity index (χ0n) is 15.3. The lowest BCUT2D eigenvalue weighted by Crippen LogP contribution is -2.42. The smallest absolute Gasteiger partial charge is 0.236 e. The van der Waals surface area contributed by atoms with Crippen LogP contribution in [0.5, 0.6) is 0 Å². The van der Waals surface area contributed by atoms with Crippen molar-refractivity contribution in [1.29, 1.82) is 0 Å². The molecule has 0 amide bonds. The lowest BCUT2D eigenvalue weighted by atomic mass is 10.2. The van der Waals surface area contributed by atoms with E-state index in [9.17, 15) is 8.42 Å². The minimum atomic E-state index is -3.33. The topological polar surface area (TPSA) is 73.8 Å². The molecule has 2 rings (SSSR count). The number of guanidine groups is 1. The summed E-state index contributed by atoms with van der Waals surface area (Å²) < 4.78 is 26.9. The van der Waals surface area contributed by atoms with Gasteiger partial charge in [-0.25, -0.2) is 8.42 Å². The molecular formula is C18H30N4O2S. The number of nitrogens with zero attached hydrogens (tertiary/aromatic N) is 2. The number of rotatable bonds is 9. The van der Waals surface area contributed by atoms with Crippen molar-refractivity contribution in [1.82, 2.24) is 10.6 Å². The Bertz CT molecular complexity index is 673. The first-order valence-corrected chi connectivity index (χ1v) is 10.8. The number of para-hydroxylation sites is 1. The zero-order chi connectivity index (χ0) is 18.1. The van der Waals surface area contributed by atoms with Gasteiger partial charge < -0.3 is 10.6 Å². The molecule has 6 nitrogen and oxygen atoms in total. The summed E-state index contributed by atoms with van der Waals surface area (Å²) >= 11 is 0. The van der Waals surface area contributed by atoms with Crippen molar-refractivity contribution in [3.8, 4) is 0 Å². The summed E-state index contributed by atoms with van der Waals surface area (Å²) in [5.74, 6) is 0.747. The highest BCUT2D eigenvalue weighted by Crippen LogP contribution is 2.29. The predicted octanol–water partition coefficient (Wildman–Crippen LogP) is 2.12. The summed E-state index contributed by atoms with van der Waals surface area (Å²) in [6.07, 6.45) is 4.15. The van der Waals surface area contributed by atoms with Crippen LogP contribution in [-0.2, 0) is 16.4 Å². The molecule has 1 aliphatic heterocycles. The molecule has 0 aromatic heterocycles. The number of aliphatic imine (C=N–C) groups is 1. The Morgan fingerprint density at radius 3 is 2.76 bits per heavy atom. The van der Waals surface area contributed by atoms with Crippen LogP contribution >= 0.6 is 0 Å². The maximum absolute atomic E-state index is 12.7. The molecule has 0 saturated carbocycles. The second-order valence-electron chi connectivity index (χ2n) is 6.16. The second-order valence-corrected chi connectivity index (χ2v) is 8.17. The molecule has 0 spiro atoms. The minimum Gasteiger partial charge on any atom is -0.357 e. The van der Waals surface area contributed by atoms with Crippen molar-refractivity contribution in [3.05, 3.63) is 29.8 Å². The molecule has 0 bridgehead atoms. The number of hydrogen-bond acceptors (Lipinski definition) is 3. The molecule has 1 aromatic rings. The molecule has 0 atom stereocenters. The van der Waals surface area contributed by atoms with Crippen LogP contribution in [0.1, 0.15) is 38.7 Å². The maximum atomic E-state index is 12.7. The molecule has 0 fully saturated rings. The Morgan fingerprint density at radius 2 is 2.00 bits per heavy atom. The molecule has 2 N–H and O–H groups in total. The summed E-state index contributed by atoms with van der Waals surface area (Å²) in [6, 6.07) is 7.72. The third-order valence-electron chi connectivity index (χ3n) is 4.21. The fraction of sp³-hybridized carbons (Fsp3) is 0.611. The number of benzene rings is 1. The van der Waals surface area contributed by atoms with E-state index in [4.69, 9.17) is 0 Å². The molecule has 140 valence electrons. The number of hydrogen-bond donors (Lipinski definition) is 2. The molecule has 25 heavy (non-hydrogen) atoms. The third-order valence-corrected chi connectivity index (χ3v) is 5.98. The first-order chi connectivity index (χ1) is 12.1. The van der Waals surface area contributed by atoms with Gasteiger partial charge in [0.25, 0.3) is 0 Å². The number of nitrogens with one attached hydrogen (secondary N) is 2. The average molecular weight is 367 g/mol. The number of sulfonamides is 1. The highest BCUT2D eigenvalue weighted by Gasteiger charge is 2.28. The fourth-order valence-electron chi connectivity index (χ4n) is 2.90. The van der Waals surface area contributed by atoms with Crippen molar-refractivity contribution in [3.63, 3.8) is 0 Å². The second kappa shape index (κ2) is 9.65. The maximum Gasteiger partial charge on any atom is 0.236 e. The molecule has 0 radical (unpaired) electrons. The molecule has 0 unspecified atom stereocenters.